The summed E-state index contributed by atoms with van der Waals surface area (Å²) in [6.07, 6.45) is 5.70. The lowest BCUT2D eigenvalue weighted by molar-refractivity contribution is -0.133. The maximum atomic E-state index is 12.3. The van der Waals surface area contributed by atoms with Crippen LogP contribution in [0.3, 0.4) is 0 Å². The van der Waals surface area contributed by atoms with Crippen LogP contribution < -0.4 is 0 Å². The smallest absolute Gasteiger partial charge is 0.348 e. The van der Waals surface area contributed by atoms with Crippen LogP contribution in [0.15, 0.2) is 30.3 Å². The first-order valence-corrected chi connectivity index (χ1v) is 9.93. The molecule has 4 nitrogen and oxygen atoms in total. The summed E-state index contributed by atoms with van der Waals surface area (Å²) in [5.74, 6) is -0.586. The quantitative estimate of drug-likeness (QED) is 0.586. The van der Waals surface area contributed by atoms with Crippen LogP contribution in [0.4, 0.5) is 0 Å². The van der Waals surface area contributed by atoms with Crippen molar-refractivity contribution in [3.8, 4) is 0 Å². The van der Waals surface area contributed by atoms with E-state index in [0.717, 1.165) is 18.4 Å². The molecule has 0 unspecified atom stereocenters. The van der Waals surface area contributed by atoms with Crippen molar-refractivity contribution >= 4 is 23.2 Å². The Kier molecular flexibility index (Phi) is 6.09. The molecular weight excluding hydrogens is 346 g/mol. The molecule has 0 radical (unpaired) electrons. The molecule has 0 atom stereocenters. The number of hydrogen-bond acceptors (Lipinski definition) is 4. The second kappa shape index (κ2) is 8.49. The molecule has 0 bridgehead atoms. The van der Waals surface area contributed by atoms with E-state index in [4.69, 9.17) is 4.74 Å². The first-order valence-electron chi connectivity index (χ1n) is 9.11. The van der Waals surface area contributed by atoms with Crippen molar-refractivity contribution in [3.05, 3.63) is 56.8 Å². The highest BCUT2D eigenvalue weighted by molar-refractivity contribution is 7.14. The Morgan fingerprint density at radius 3 is 2.62 bits per heavy atom. The minimum atomic E-state index is -0.389. The number of carbonyl (C=O) groups excluding carboxylic acids is 2. The number of hydrogen-bond donors (Lipinski definition) is 0. The first kappa shape index (κ1) is 18.6. The number of thiophene rings is 1. The second-order valence-electron chi connectivity index (χ2n) is 6.93. The third-order valence-corrected chi connectivity index (χ3v) is 5.96. The highest BCUT2D eigenvalue weighted by atomic mass is 32.1. The molecule has 1 heterocycles. The van der Waals surface area contributed by atoms with Crippen molar-refractivity contribution < 1.29 is 14.3 Å². The van der Waals surface area contributed by atoms with E-state index in [-0.39, 0.29) is 18.5 Å². The Bertz CT molecular complexity index is 756. The number of amides is 1. The van der Waals surface area contributed by atoms with E-state index in [1.807, 2.05) is 37.3 Å². The summed E-state index contributed by atoms with van der Waals surface area (Å²) in [7, 11) is 1.73. The molecule has 26 heavy (non-hydrogen) atoms. The molecule has 0 spiro atoms. The molecule has 1 aromatic heterocycles. The highest BCUT2D eigenvalue weighted by Crippen LogP contribution is 2.29. The van der Waals surface area contributed by atoms with Gasteiger partial charge in [0.25, 0.3) is 5.91 Å². The number of rotatable bonds is 5. The molecule has 3 rings (SSSR count). The topological polar surface area (TPSA) is 46.6 Å². The minimum Gasteiger partial charge on any atom is -0.451 e. The maximum Gasteiger partial charge on any atom is 0.348 e. The van der Waals surface area contributed by atoms with Gasteiger partial charge in [-0.25, -0.2) is 4.79 Å². The van der Waals surface area contributed by atoms with Crippen LogP contribution in [0.2, 0.25) is 0 Å². The fourth-order valence-corrected chi connectivity index (χ4v) is 4.28. The molecule has 0 saturated heterocycles. The van der Waals surface area contributed by atoms with Gasteiger partial charge >= 0.3 is 5.97 Å². The summed E-state index contributed by atoms with van der Waals surface area (Å²) >= 11 is 1.52. The van der Waals surface area contributed by atoms with Gasteiger partial charge in [-0.3, -0.25) is 4.79 Å². The van der Waals surface area contributed by atoms with Gasteiger partial charge in [0.2, 0.25) is 0 Å². The molecule has 5 heteroatoms. The summed E-state index contributed by atoms with van der Waals surface area (Å²) < 4.78 is 5.26. The van der Waals surface area contributed by atoms with Crippen LogP contribution in [0.1, 0.15) is 50.5 Å². The van der Waals surface area contributed by atoms with Crippen molar-refractivity contribution in [2.75, 3.05) is 13.7 Å². The molecule has 1 aliphatic carbocycles. The number of nitrogens with zero attached hydrogens (tertiary/aromatic N) is 1. The average molecular weight is 372 g/mol. The van der Waals surface area contributed by atoms with Gasteiger partial charge in [-0.2, -0.15) is 0 Å². The molecule has 1 amide bonds. The van der Waals surface area contributed by atoms with Gasteiger partial charge in [0, 0.05) is 18.5 Å². The zero-order chi connectivity index (χ0) is 18.5. The van der Waals surface area contributed by atoms with E-state index in [1.165, 1.54) is 46.6 Å². The molecule has 1 aliphatic rings. The molecule has 0 aliphatic heterocycles. The van der Waals surface area contributed by atoms with E-state index in [0.29, 0.717) is 11.4 Å². The summed E-state index contributed by atoms with van der Waals surface area (Å²) in [6.45, 7) is 2.32. The zero-order valence-electron chi connectivity index (χ0n) is 15.4. The number of carbonyl (C=O) groups is 2. The van der Waals surface area contributed by atoms with Gasteiger partial charge in [-0.05, 0) is 49.8 Å². The predicted molar refractivity (Wildman–Crippen MR) is 104 cm³/mol. The monoisotopic (exact) mass is 371 g/mol. The summed E-state index contributed by atoms with van der Waals surface area (Å²) in [6, 6.07) is 10.0. The van der Waals surface area contributed by atoms with Crippen LogP contribution >= 0.6 is 11.3 Å². The Hall–Kier alpha value is -2.14. The summed E-state index contributed by atoms with van der Waals surface area (Å²) in [5, 5.41) is 0. The Balaban J connectivity index is 1.52. The number of fused-ring (bicyclic) bond motifs is 1. The first-order chi connectivity index (χ1) is 12.5. The molecule has 0 saturated carbocycles. The lowest BCUT2D eigenvalue weighted by Gasteiger charge is -2.17. The van der Waals surface area contributed by atoms with Gasteiger partial charge in [-0.15, -0.1) is 11.3 Å². The third-order valence-electron chi connectivity index (χ3n) is 4.74. The van der Waals surface area contributed by atoms with Crippen LogP contribution in [0.5, 0.6) is 0 Å². The standard InChI is InChI=1S/C21H25NO3S/c1-15-8-10-16(11-9-15)13-22(2)20(23)14-25-21(24)19-12-17-6-4-3-5-7-18(17)26-19/h8-12H,3-7,13-14H2,1-2H3. The van der Waals surface area contributed by atoms with Crippen LogP contribution in [0.25, 0.3) is 0 Å². The van der Waals surface area contributed by atoms with Crippen molar-refractivity contribution in [3.63, 3.8) is 0 Å². The van der Waals surface area contributed by atoms with Gasteiger partial charge in [0.1, 0.15) is 4.88 Å². The van der Waals surface area contributed by atoms with Gasteiger partial charge in [-0.1, -0.05) is 36.2 Å². The van der Waals surface area contributed by atoms with E-state index in [9.17, 15) is 9.59 Å². The fourth-order valence-electron chi connectivity index (χ4n) is 3.13. The minimum absolute atomic E-state index is 0.197. The Morgan fingerprint density at radius 1 is 1.12 bits per heavy atom. The lowest BCUT2D eigenvalue weighted by atomic mass is 10.1. The SMILES string of the molecule is Cc1ccc(CN(C)C(=O)COC(=O)c2cc3c(s2)CCCCC3)cc1. The van der Waals surface area contributed by atoms with E-state index < -0.39 is 0 Å². The fraction of sp³-hybridized carbons (Fsp3) is 0.429. The van der Waals surface area contributed by atoms with E-state index in [2.05, 4.69) is 0 Å². The Labute approximate surface area is 158 Å². The van der Waals surface area contributed by atoms with E-state index >= 15 is 0 Å². The summed E-state index contributed by atoms with van der Waals surface area (Å²) in [4.78, 5) is 28.0. The lowest BCUT2D eigenvalue weighted by Crippen LogP contribution is -2.30. The van der Waals surface area contributed by atoms with E-state index in [1.54, 1.807) is 11.9 Å². The second-order valence-corrected chi connectivity index (χ2v) is 8.07. The number of likely N-dealkylation sites (N-methyl/N-ethyl adjacent to an activating group) is 1. The molecular formula is C21H25NO3S. The number of esters is 1. The highest BCUT2D eigenvalue weighted by Gasteiger charge is 2.19. The molecule has 138 valence electrons. The molecule has 2 aromatic rings. The zero-order valence-corrected chi connectivity index (χ0v) is 16.2. The Morgan fingerprint density at radius 2 is 1.85 bits per heavy atom. The number of aryl methyl sites for hydroxylation is 3. The van der Waals surface area contributed by atoms with Gasteiger partial charge < -0.3 is 9.64 Å². The van der Waals surface area contributed by atoms with Crippen molar-refractivity contribution in [2.24, 2.45) is 0 Å². The van der Waals surface area contributed by atoms with Crippen LogP contribution in [0, 0.1) is 6.92 Å². The average Bonchev–Trinajstić information content (AvgIpc) is 2.92. The summed E-state index contributed by atoms with van der Waals surface area (Å²) in [5.41, 5.74) is 3.52. The third kappa shape index (κ3) is 4.73. The maximum absolute atomic E-state index is 12.3. The van der Waals surface area contributed by atoms with Crippen LogP contribution in [-0.2, 0) is 28.9 Å². The molecule has 0 N–H and O–H groups in total. The number of benzene rings is 1. The van der Waals surface area contributed by atoms with Crippen molar-refractivity contribution in [1.29, 1.82) is 0 Å². The van der Waals surface area contributed by atoms with Crippen molar-refractivity contribution in [1.82, 2.24) is 4.90 Å². The molecule has 0 fully saturated rings. The van der Waals surface area contributed by atoms with Crippen molar-refractivity contribution in [2.45, 2.75) is 45.6 Å². The van der Waals surface area contributed by atoms with Crippen LogP contribution in [-0.4, -0.2) is 30.4 Å². The normalized spacial score (nSPS) is 13.6. The number of ether oxygens (including phenoxy) is 1. The largest absolute Gasteiger partial charge is 0.451 e. The predicted octanol–water partition coefficient (Wildman–Crippen LogP) is 4.14. The molecule has 1 aromatic carbocycles. The van der Waals surface area contributed by atoms with Gasteiger partial charge in [0.05, 0.1) is 0 Å². The van der Waals surface area contributed by atoms with Gasteiger partial charge in [0.15, 0.2) is 6.61 Å².